The first-order valence-corrected chi connectivity index (χ1v) is 7.73. The molecule has 4 N–H and O–H groups in total. The van der Waals surface area contributed by atoms with Gasteiger partial charge in [0.1, 0.15) is 0 Å². The Morgan fingerprint density at radius 3 is 2.37 bits per heavy atom. The summed E-state index contributed by atoms with van der Waals surface area (Å²) in [6.07, 6.45) is 7.78. The molecule has 0 aliphatic rings. The highest BCUT2D eigenvalue weighted by molar-refractivity contribution is 5.78. The maximum atomic E-state index is 8.66. The van der Waals surface area contributed by atoms with Crippen LogP contribution in [0.2, 0.25) is 0 Å². The summed E-state index contributed by atoms with van der Waals surface area (Å²) in [6.45, 7) is 7.74. The van der Waals surface area contributed by atoms with Crippen molar-refractivity contribution in [3.63, 3.8) is 0 Å². The second-order valence-corrected chi connectivity index (χ2v) is 5.77. The Labute approximate surface area is 118 Å². The maximum absolute atomic E-state index is 8.66. The number of aliphatic imine (C=N–C) groups is 1. The third kappa shape index (κ3) is 13.5. The lowest BCUT2D eigenvalue weighted by molar-refractivity contribution is 0.282. The van der Waals surface area contributed by atoms with Crippen LogP contribution in [0.1, 0.15) is 65.7 Å². The molecule has 1 atom stereocenters. The van der Waals surface area contributed by atoms with Crippen LogP contribution in [0.4, 0.5) is 0 Å². The van der Waals surface area contributed by atoms with E-state index in [0.29, 0.717) is 18.6 Å². The van der Waals surface area contributed by atoms with Gasteiger partial charge in [0, 0.05) is 19.2 Å². The van der Waals surface area contributed by atoms with E-state index >= 15 is 0 Å². The Morgan fingerprint density at radius 1 is 1.05 bits per heavy atom. The van der Waals surface area contributed by atoms with Gasteiger partial charge in [-0.2, -0.15) is 0 Å². The smallest absolute Gasteiger partial charge is 0.188 e. The SMILES string of the molecule is CC(C)CCCC(C)NC(N)=NCCCCCCO. The predicted molar refractivity (Wildman–Crippen MR) is 83.3 cm³/mol. The molecule has 0 rings (SSSR count). The van der Waals surface area contributed by atoms with Crippen molar-refractivity contribution in [2.45, 2.75) is 71.8 Å². The van der Waals surface area contributed by atoms with Crippen LogP contribution < -0.4 is 11.1 Å². The van der Waals surface area contributed by atoms with E-state index in [1.165, 1.54) is 12.8 Å². The van der Waals surface area contributed by atoms with Gasteiger partial charge in [-0.05, 0) is 32.1 Å². The van der Waals surface area contributed by atoms with Crippen molar-refractivity contribution in [3.05, 3.63) is 0 Å². The first kappa shape index (κ1) is 18.2. The van der Waals surface area contributed by atoms with Crippen LogP contribution in [-0.4, -0.2) is 30.3 Å². The van der Waals surface area contributed by atoms with Crippen LogP contribution in [0.5, 0.6) is 0 Å². The summed E-state index contributed by atoms with van der Waals surface area (Å²) in [5.74, 6) is 1.34. The summed E-state index contributed by atoms with van der Waals surface area (Å²) in [5.41, 5.74) is 5.85. The molecule has 0 aromatic carbocycles. The molecule has 0 fully saturated rings. The topological polar surface area (TPSA) is 70.6 Å². The fourth-order valence-corrected chi connectivity index (χ4v) is 1.98. The van der Waals surface area contributed by atoms with Gasteiger partial charge in [0.25, 0.3) is 0 Å². The molecule has 4 nitrogen and oxygen atoms in total. The van der Waals surface area contributed by atoms with E-state index in [1.54, 1.807) is 0 Å². The molecule has 0 saturated carbocycles. The molecule has 4 heteroatoms. The number of aliphatic hydroxyl groups is 1. The van der Waals surface area contributed by atoms with Gasteiger partial charge >= 0.3 is 0 Å². The molecule has 0 aliphatic carbocycles. The van der Waals surface area contributed by atoms with E-state index in [-0.39, 0.29) is 0 Å². The number of hydrogen-bond donors (Lipinski definition) is 3. The summed E-state index contributed by atoms with van der Waals surface area (Å²) in [7, 11) is 0. The Hall–Kier alpha value is -0.770. The number of nitrogens with one attached hydrogen (secondary N) is 1. The summed E-state index contributed by atoms with van der Waals surface area (Å²) >= 11 is 0. The van der Waals surface area contributed by atoms with E-state index in [1.807, 2.05) is 0 Å². The van der Waals surface area contributed by atoms with Crippen molar-refractivity contribution in [1.82, 2.24) is 5.32 Å². The molecule has 0 aliphatic heterocycles. The largest absolute Gasteiger partial charge is 0.396 e. The Kier molecular flexibility index (Phi) is 11.8. The van der Waals surface area contributed by atoms with E-state index < -0.39 is 0 Å². The minimum Gasteiger partial charge on any atom is -0.396 e. The molecule has 0 bridgehead atoms. The van der Waals surface area contributed by atoms with Gasteiger partial charge in [-0.15, -0.1) is 0 Å². The third-order valence-electron chi connectivity index (χ3n) is 3.16. The van der Waals surface area contributed by atoms with Gasteiger partial charge in [-0.25, -0.2) is 0 Å². The average Bonchev–Trinajstić information content (AvgIpc) is 2.33. The molecule has 0 aromatic heterocycles. The first-order valence-electron chi connectivity index (χ1n) is 7.73. The highest BCUT2D eigenvalue weighted by atomic mass is 16.2. The predicted octanol–water partition coefficient (Wildman–Crippen LogP) is 2.66. The standard InChI is InChI=1S/C15H33N3O/c1-13(2)9-8-10-14(3)18-15(16)17-11-6-4-5-7-12-19/h13-14,19H,4-12H2,1-3H3,(H3,16,17,18). The van der Waals surface area contributed by atoms with Gasteiger partial charge in [-0.3, -0.25) is 4.99 Å². The number of rotatable bonds is 11. The Bertz CT molecular complexity index is 229. The molecular weight excluding hydrogens is 238 g/mol. The van der Waals surface area contributed by atoms with Crippen LogP contribution in [-0.2, 0) is 0 Å². The van der Waals surface area contributed by atoms with Gasteiger partial charge in [-0.1, -0.05) is 39.5 Å². The van der Waals surface area contributed by atoms with Crippen molar-refractivity contribution >= 4 is 5.96 Å². The quantitative estimate of drug-likeness (QED) is 0.307. The molecule has 19 heavy (non-hydrogen) atoms. The Balaban J connectivity index is 3.56. The summed E-state index contributed by atoms with van der Waals surface area (Å²) in [5, 5.41) is 11.9. The minimum atomic E-state index is 0.293. The fraction of sp³-hybridized carbons (Fsp3) is 0.933. The van der Waals surface area contributed by atoms with Crippen LogP contribution in [0.25, 0.3) is 0 Å². The third-order valence-corrected chi connectivity index (χ3v) is 3.16. The molecule has 0 aromatic rings. The van der Waals surface area contributed by atoms with Crippen LogP contribution in [0.15, 0.2) is 4.99 Å². The number of unbranched alkanes of at least 4 members (excludes halogenated alkanes) is 3. The van der Waals surface area contributed by atoms with Gasteiger partial charge in [0.05, 0.1) is 0 Å². The van der Waals surface area contributed by atoms with E-state index in [0.717, 1.165) is 44.6 Å². The molecule has 114 valence electrons. The highest BCUT2D eigenvalue weighted by Gasteiger charge is 2.03. The maximum Gasteiger partial charge on any atom is 0.188 e. The highest BCUT2D eigenvalue weighted by Crippen LogP contribution is 2.08. The van der Waals surface area contributed by atoms with Crippen LogP contribution >= 0.6 is 0 Å². The normalized spacial score (nSPS) is 13.8. The molecule has 0 amide bonds. The van der Waals surface area contributed by atoms with Crippen LogP contribution in [0, 0.1) is 5.92 Å². The lowest BCUT2D eigenvalue weighted by Gasteiger charge is -2.15. The summed E-state index contributed by atoms with van der Waals surface area (Å²) in [4.78, 5) is 4.33. The molecule has 1 unspecified atom stereocenters. The second-order valence-electron chi connectivity index (χ2n) is 5.77. The molecule has 0 saturated heterocycles. The van der Waals surface area contributed by atoms with Crippen molar-refractivity contribution in [2.24, 2.45) is 16.6 Å². The fourth-order valence-electron chi connectivity index (χ4n) is 1.98. The first-order chi connectivity index (χ1) is 9.06. The second kappa shape index (κ2) is 12.3. The van der Waals surface area contributed by atoms with Gasteiger partial charge in [0.2, 0.25) is 0 Å². The molecule has 0 spiro atoms. The van der Waals surface area contributed by atoms with E-state index in [9.17, 15) is 0 Å². The summed E-state index contributed by atoms with van der Waals surface area (Å²) < 4.78 is 0. The Morgan fingerprint density at radius 2 is 1.74 bits per heavy atom. The molecule has 0 heterocycles. The van der Waals surface area contributed by atoms with Crippen LogP contribution in [0.3, 0.4) is 0 Å². The van der Waals surface area contributed by atoms with E-state index in [2.05, 4.69) is 31.1 Å². The molecule has 0 radical (unpaired) electrons. The number of hydrogen-bond acceptors (Lipinski definition) is 2. The molecular formula is C15H33N3O. The van der Waals surface area contributed by atoms with Crippen molar-refractivity contribution in [1.29, 1.82) is 0 Å². The number of nitrogens with zero attached hydrogens (tertiary/aromatic N) is 1. The van der Waals surface area contributed by atoms with Crippen molar-refractivity contribution < 1.29 is 5.11 Å². The lowest BCUT2D eigenvalue weighted by Crippen LogP contribution is -2.38. The zero-order valence-electron chi connectivity index (χ0n) is 13.0. The zero-order chi connectivity index (χ0) is 14.5. The number of aliphatic hydroxyl groups excluding tert-OH is 1. The van der Waals surface area contributed by atoms with Crippen molar-refractivity contribution in [3.8, 4) is 0 Å². The average molecular weight is 271 g/mol. The number of nitrogens with two attached hydrogens (primary N) is 1. The lowest BCUT2D eigenvalue weighted by atomic mass is 10.0. The van der Waals surface area contributed by atoms with Crippen molar-refractivity contribution in [2.75, 3.05) is 13.2 Å². The number of guanidine groups is 1. The monoisotopic (exact) mass is 271 g/mol. The minimum absolute atomic E-state index is 0.293. The summed E-state index contributed by atoms with van der Waals surface area (Å²) in [6, 6.07) is 0.400. The zero-order valence-corrected chi connectivity index (χ0v) is 13.0. The van der Waals surface area contributed by atoms with E-state index in [4.69, 9.17) is 10.8 Å². The van der Waals surface area contributed by atoms with Gasteiger partial charge in [0.15, 0.2) is 5.96 Å². The van der Waals surface area contributed by atoms with Gasteiger partial charge < -0.3 is 16.2 Å².